The van der Waals surface area contributed by atoms with Crippen LogP contribution < -0.4 is 15.8 Å². The maximum atomic E-state index is 5.62. The van der Waals surface area contributed by atoms with Crippen LogP contribution in [-0.4, -0.2) is 24.2 Å². The lowest BCUT2D eigenvalue weighted by Crippen LogP contribution is -2.36. The van der Waals surface area contributed by atoms with Crippen LogP contribution in [-0.2, 0) is 0 Å². The van der Waals surface area contributed by atoms with Crippen LogP contribution in [0.2, 0.25) is 0 Å². The highest BCUT2D eigenvalue weighted by Crippen LogP contribution is 2.23. The number of methoxy groups -OCH3 is 1. The van der Waals surface area contributed by atoms with Crippen LogP contribution in [0.3, 0.4) is 0 Å². The van der Waals surface area contributed by atoms with Crippen molar-refractivity contribution in [2.75, 3.05) is 19.0 Å². The van der Waals surface area contributed by atoms with Crippen LogP contribution in [0.4, 0.5) is 5.69 Å². The van der Waals surface area contributed by atoms with Crippen molar-refractivity contribution in [3.05, 3.63) is 18.3 Å². The first-order valence-electron chi connectivity index (χ1n) is 5.62. The molecule has 4 heteroatoms. The number of anilines is 1. The fourth-order valence-corrected chi connectivity index (χ4v) is 1.59. The van der Waals surface area contributed by atoms with E-state index in [9.17, 15) is 0 Å². The summed E-state index contributed by atoms with van der Waals surface area (Å²) in [4.78, 5) is 4.07. The molecule has 16 heavy (non-hydrogen) atoms. The van der Waals surface area contributed by atoms with Crippen molar-refractivity contribution < 1.29 is 4.74 Å². The summed E-state index contributed by atoms with van der Waals surface area (Å²) in [5, 5.41) is 3.48. The van der Waals surface area contributed by atoms with Crippen LogP contribution in [0.1, 0.15) is 26.7 Å². The zero-order chi connectivity index (χ0) is 12.0. The van der Waals surface area contributed by atoms with Gasteiger partial charge >= 0.3 is 0 Å². The molecule has 1 rings (SSSR count). The van der Waals surface area contributed by atoms with Gasteiger partial charge in [0.2, 0.25) is 5.88 Å². The molecule has 0 aliphatic carbocycles. The Hall–Kier alpha value is -1.29. The number of ether oxygens (including phenoxy) is 1. The normalized spacial score (nSPS) is 14.2. The molecule has 0 bridgehead atoms. The molecule has 1 heterocycles. The molecular formula is C12H21N3O. The van der Waals surface area contributed by atoms with E-state index in [1.54, 1.807) is 13.3 Å². The molecule has 0 saturated carbocycles. The number of hydrogen-bond acceptors (Lipinski definition) is 4. The molecule has 1 unspecified atom stereocenters. The standard InChI is InChI=1S/C12H21N3O/c1-4-12(2,6-7-13)15-10-5-8-14-11(9-10)16-3/h5,8-9H,4,6-7,13H2,1-3H3,(H,14,15). The molecule has 0 amide bonds. The van der Waals surface area contributed by atoms with E-state index in [2.05, 4.69) is 24.1 Å². The van der Waals surface area contributed by atoms with Gasteiger partial charge in [-0.25, -0.2) is 4.98 Å². The summed E-state index contributed by atoms with van der Waals surface area (Å²) < 4.78 is 5.09. The minimum Gasteiger partial charge on any atom is -0.481 e. The Morgan fingerprint density at radius 3 is 2.88 bits per heavy atom. The van der Waals surface area contributed by atoms with E-state index in [1.807, 2.05) is 12.1 Å². The second-order valence-electron chi connectivity index (χ2n) is 4.16. The first-order valence-corrected chi connectivity index (χ1v) is 5.62. The molecule has 0 saturated heterocycles. The second-order valence-corrected chi connectivity index (χ2v) is 4.16. The van der Waals surface area contributed by atoms with Crippen LogP contribution in [0, 0.1) is 0 Å². The van der Waals surface area contributed by atoms with Gasteiger partial charge in [0.05, 0.1) is 7.11 Å². The molecule has 1 aromatic heterocycles. The number of nitrogens with one attached hydrogen (secondary N) is 1. The van der Waals surface area contributed by atoms with E-state index in [-0.39, 0.29) is 5.54 Å². The lowest BCUT2D eigenvalue weighted by Gasteiger charge is -2.30. The average molecular weight is 223 g/mol. The highest BCUT2D eigenvalue weighted by Gasteiger charge is 2.20. The molecule has 0 aliphatic heterocycles. The van der Waals surface area contributed by atoms with E-state index in [0.717, 1.165) is 18.5 Å². The first-order chi connectivity index (χ1) is 7.63. The monoisotopic (exact) mass is 223 g/mol. The average Bonchev–Trinajstić information content (AvgIpc) is 2.29. The molecule has 1 atom stereocenters. The molecule has 0 aromatic carbocycles. The molecule has 1 aromatic rings. The fourth-order valence-electron chi connectivity index (χ4n) is 1.59. The summed E-state index contributed by atoms with van der Waals surface area (Å²) in [5.41, 5.74) is 6.67. The fraction of sp³-hybridized carbons (Fsp3) is 0.583. The number of nitrogens with two attached hydrogens (primary N) is 1. The van der Waals surface area contributed by atoms with Crippen molar-refractivity contribution in [3.63, 3.8) is 0 Å². The number of rotatable bonds is 6. The topological polar surface area (TPSA) is 60.2 Å². The summed E-state index contributed by atoms with van der Waals surface area (Å²) in [6.07, 6.45) is 3.70. The van der Waals surface area contributed by atoms with Crippen LogP contribution >= 0.6 is 0 Å². The number of nitrogens with zero attached hydrogens (tertiary/aromatic N) is 1. The summed E-state index contributed by atoms with van der Waals surface area (Å²) in [6.45, 7) is 5.01. The van der Waals surface area contributed by atoms with Gasteiger partial charge in [0.25, 0.3) is 0 Å². The Morgan fingerprint density at radius 1 is 1.56 bits per heavy atom. The van der Waals surface area contributed by atoms with E-state index in [4.69, 9.17) is 10.5 Å². The zero-order valence-corrected chi connectivity index (χ0v) is 10.3. The van der Waals surface area contributed by atoms with Crippen molar-refractivity contribution >= 4 is 5.69 Å². The SMILES string of the molecule is CCC(C)(CCN)Nc1ccnc(OC)c1. The van der Waals surface area contributed by atoms with Crippen LogP contribution in [0.15, 0.2) is 18.3 Å². The summed E-state index contributed by atoms with van der Waals surface area (Å²) in [5.74, 6) is 0.621. The maximum Gasteiger partial charge on any atom is 0.214 e. The first kappa shape index (κ1) is 12.8. The molecule has 0 radical (unpaired) electrons. The summed E-state index contributed by atoms with van der Waals surface area (Å²) in [7, 11) is 1.62. The third-order valence-electron chi connectivity index (χ3n) is 2.87. The Morgan fingerprint density at radius 2 is 2.31 bits per heavy atom. The molecule has 0 aliphatic rings. The van der Waals surface area contributed by atoms with Crippen molar-refractivity contribution in [2.45, 2.75) is 32.2 Å². The summed E-state index contributed by atoms with van der Waals surface area (Å²) in [6, 6.07) is 3.83. The number of hydrogen-bond donors (Lipinski definition) is 2. The lowest BCUT2D eigenvalue weighted by molar-refractivity contribution is 0.397. The smallest absolute Gasteiger partial charge is 0.214 e. The Kier molecular flexibility index (Phi) is 4.55. The van der Waals surface area contributed by atoms with E-state index in [0.29, 0.717) is 12.4 Å². The molecule has 90 valence electrons. The Balaban J connectivity index is 2.77. The van der Waals surface area contributed by atoms with Gasteiger partial charge in [-0.05, 0) is 32.4 Å². The van der Waals surface area contributed by atoms with Gasteiger partial charge in [-0.1, -0.05) is 6.92 Å². The number of pyridine rings is 1. The van der Waals surface area contributed by atoms with E-state index in [1.165, 1.54) is 0 Å². The Bertz CT molecular complexity index is 330. The van der Waals surface area contributed by atoms with Gasteiger partial charge in [-0.3, -0.25) is 0 Å². The van der Waals surface area contributed by atoms with Gasteiger partial charge < -0.3 is 15.8 Å². The number of aromatic nitrogens is 1. The van der Waals surface area contributed by atoms with Gasteiger partial charge in [0, 0.05) is 23.5 Å². The van der Waals surface area contributed by atoms with Crippen molar-refractivity contribution in [1.82, 2.24) is 4.98 Å². The van der Waals surface area contributed by atoms with Gasteiger partial charge in [0.15, 0.2) is 0 Å². The summed E-state index contributed by atoms with van der Waals surface area (Å²) >= 11 is 0. The third-order valence-corrected chi connectivity index (χ3v) is 2.87. The molecule has 3 N–H and O–H groups in total. The third kappa shape index (κ3) is 3.38. The highest BCUT2D eigenvalue weighted by atomic mass is 16.5. The van der Waals surface area contributed by atoms with E-state index >= 15 is 0 Å². The molecule has 0 spiro atoms. The largest absolute Gasteiger partial charge is 0.481 e. The Labute approximate surface area is 97.2 Å². The van der Waals surface area contributed by atoms with Crippen molar-refractivity contribution in [3.8, 4) is 5.88 Å². The van der Waals surface area contributed by atoms with Crippen LogP contribution in [0.5, 0.6) is 5.88 Å². The van der Waals surface area contributed by atoms with Crippen LogP contribution in [0.25, 0.3) is 0 Å². The quantitative estimate of drug-likeness (QED) is 0.774. The van der Waals surface area contributed by atoms with Crippen molar-refractivity contribution in [1.29, 1.82) is 0 Å². The minimum absolute atomic E-state index is 0.0289. The lowest BCUT2D eigenvalue weighted by atomic mass is 9.94. The minimum atomic E-state index is 0.0289. The van der Waals surface area contributed by atoms with E-state index < -0.39 is 0 Å². The zero-order valence-electron chi connectivity index (χ0n) is 10.3. The predicted octanol–water partition coefficient (Wildman–Crippen LogP) is 2.02. The molecule has 0 fully saturated rings. The van der Waals surface area contributed by atoms with Gasteiger partial charge in [-0.15, -0.1) is 0 Å². The van der Waals surface area contributed by atoms with Crippen molar-refractivity contribution in [2.24, 2.45) is 5.73 Å². The van der Waals surface area contributed by atoms with Gasteiger partial charge in [0.1, 0.15) is 0 Å². The highest BCUT2D eigenvalue weighted by molar-refractivity contribution is 5.47. The molecular weight excluding hydrogens is 202 g/mol. The van der Waals surface area contributed by atoms with Gasteiger partial charge in [-0.2, -0.15) is 0 Å². The second kappa shape index (κ2) is 5.70. The molecule has 4 nitrogen and oxygen atoms in total. The predicted molar refractivity (Wildman–Crippen MR) is 66.8 cm³/mol. The maximum absolute atomic E-state index is 5.62.